The van der Waals surface area contributed by atoms with Gasteiger partial charge in [0.25, 0.3) is 0 Å². The van der Waals surface area contributed by atoms with Gasteiger partial charge in [-0.2, -0.15) is 0 Å². The van der Waals surface area contributed by atoms with Crippen molar-refractivity contribution >= 4 is 29.8 Å². The molecular weight excluding hydrogens is 462 g/mol. The molecule has 0 saturated carbocycles. The van der Waals surface area contributed by atoms with Crippen molar-refractivity contribution in [3.63, 3.8) is 0 Å². The molecule has 188 valence electrons. The van der Waals surface area contributed by atoms with Crippen molar-refractivity contribution in [2.45, 2.75) is 0 Å². The van der Waals surface area contributed by atoms with E-state index in [4.69, 9.17) is 23.7 Å². The number of aromatic hydroxyl groups is 1. The van der Waals surface area contributed by atoms with E-state index in [1.54, 1.807) is 63.8 Å². The van der Waals surface area contributed by atoms with E-state index in [-0.39, 0.29) is 11.7 Å². The first-order valence-corrected chi connectivity index (χ1v) is 10.9. The van der Waals surface area contributed by atoms with E-state index in [0.717, 1.165) is 16.7 Å². The number of benzene rings is 3. The van der Waals surface area contributed by atoms with Crippen molar-refractivity contribution in [3.8, 4) is 34.5 Å². The number of methoxy groups -OCH3 is 5. The molecule has 0 bridgehead atoms. The number of phenols is 1. The monoisotopic (exact) mass is 491 g/mol. The molecule has 0 unspecified atom stereocenters. The highest BCUT2D eigenvalue weighted by molar-refractivity contribution is 6.03. The Labute approximate surface area is 210 Å². The maximum atomic E-state index is 12.6. The van der Waals surface area contributed by atoms with Gasteiger partial charge in [-0.15, -0.1) is 0 Å². The summed E-state index contributed by atoms with van der Waals surface area (Å²) in [5, 5.41) is 12.2. The van der Waals surface area contributed by atoms with Gasteiger partial charge in [-0.1, -0.05) is 24.3 Å². The molecule has 1 amide bonds. The third-order valence-corrected chi connectivity index (χ3v) is 5.23. The molecule has 0 atom stereocenters. The number of amides is 1. The Morgan fingerprint density at radius 1 is 0.667 bits per heavy atom. The minimum absolute atomic E-state index is 0.157. The first-order valence-electron chi connectivity index (χ1n) is 10.9. The molecule has 0 aliphatic rings. The number of carbonyl (C=O) groups excluding carboxylic acids is 1. The number of carbonyl (C=O) groups is 1. The van der Waals surface area contributed by atoms with Gasteiger partial charge in [-0.25, -0.2) is 0 Å². The Hall–Kier alpha value is -4.59. The van der Waals surface area contributed by atoms with Crippen molar-refractivity contribution < 1.29 is 33.6 Å². The molecule has 0 aliphatic heterocycles. The van der Waals surface area contributed by atoms with Crippen LogP contribution in [0.2, 0.25) is 0 Å². The zero-order valence-electron chi connectivity index (χ0n) is 20.8. The summed E-state index contributed by atoms with van der Waals surface area (Å²) >= 11 is 0. The number of hydrogen-bond donors (Lipinski definition) is 2. The number of rotatable bonds is 10. The number of ether oxygens (including phenoxy) is 5. The lowest BCUT2D eigenvalue weighted by Gasteiger charge is -2.14. The molecule has 36 heavy (non-hydrogen) atoms. The number of hydrogen-bond acceptors (Lipinski definition) is 7. The second-order valence-corrected chi connectivity index (χ2v) is 7.51. The van der Waals surface area contributed by atoms with Crippen molar-refractivity contribution in [1.29, 1.82) is 0 Å². The van der Waals surface area contributed by atoms with Crippen LogP contribution in [0.15, 0.2) is 54.6 Å². The minimum Gasteiger partial charge on any atom is -0.508 e. The van der Waals surface area contributed by atoms with E-state index in [9.17, 15) is 9.90 Å². The predicted molar refractivity (Wildman–Crippen MR) is 140 cm³/mol. The molecule has 3 aromatic rings. The third kappa shape index (κ3) is 6.29. The normalized spacial score (nSPS) is 10.9. The fraction of sp³-hybridized carbons (Fsp3) is 0.179. The van der Waals surface area contributed by atoms with Gasteiger partial charge in [0.2, 0.25) is 11.7 Å². The van der Waals surface area contributed by atoms with Crippen LogP contribution in [0.3, 0.4) is 0 Å². The average molecular weight is 492 g/mol. The summed E-state index contributed by atoms with van der Waals surface area (Å²) < 4.78 is 27.2. The second kappa shape index (κ2) is 12.2. The highest BCUT2D eigenvalue weighted by Crippen LogP contribution is 2.40. The Morgan fingerprint density at radius 2 is 1.17 bits per heavy atom. The van der Waals surface area contributed by atoms with Crippen LogP contribution in [0.1, 0.15) is 16.7 Å². The zero-order valence-corrected chi connectivity index (χ0v) is 20.8. The van der Waals surface area contributed by atoms with Gasteiger partial charge in [-0.3, -0.25) is 4.79 Å². The van der Waals surface area contributed by atoms with Gasteiger partial charge in [0.15, 0.2) is 23.0 Å². The smallest absolute Gasteiger partial charge is 0.248 e. The van der Waals surface area contributed by atoms with Crippen molar-refractivity contribution in [2.24, 2.45) is 0 Å². The van der Waals surface area contributed by atoms with E-state index < -0.39 is 0 Å². The summed E-state index contributed by atoms with van der Waals surface area (Å²) in [6.07, 6.45) is 6.79. The van der Waals surface area contributed by atoms with Crippen LogP contribution in [0, 0.1) is 0 Å². The largest absolute Gasteiger partial charge is 0.508 e. The second-order valence-electron chi connectivity index (χ2n) is 7.51. The van der Waals surface area contributed by atoms with E-state index >= 15 is 0 Å². The summed E-state index contributed by atoms with van der Waals surface area (Å²) in [6.45, 7) is 0. The van der Waals surface area contributed by atoms with E-state index in [0.29, 0.717) is 34.4 Å². The molecule has 0 heterocycles. The summed E-state index contributed by atoms with van der Waals surface area (Å²) in [7, 11) is 7.70. The van der Waals surface area contributed by atoms with Gasteiger partial charge in [0.05, 0.1) is 41.2 Å². The lowest BCUT2D eigenvalue weighted by molar-refractivity contribution is -0.111. The van der Waals surface area contributed by atoms with E-state index in [2.05, 4.69) is 5.32 Å². The van der Waals surface area contributed by atoms with Crippen LogP contribution in [-0.4, -0.2) is 46.6 Å². The number of phenolic OH excluding ortho intramolecular Hbond substituents is 1. The first kappa shape index (κ1) is 26.0. The molecule has 0 radical (unpaired) electrons. The fourth-order valence-electron chi connectivity index (χ4n) is 3.50. The number of anilines is 1. The maximum Gasteiger partial charge on any atom is 0.248 e. The molecule has 0 aliphatic carbocycles. The molecule has 0 spiro atoms. The Bertz CT molecular complexity index is 1240. The standard InChI is InChI=1S/C28H29NO7/c1-32-23-15-19(6-7-20-16-24(33-2)28(36-5)25(17-20)34-3)14-22(27(23)35-4)29-26(31)13-10-18-8-11-21(30)12-9-18/h6-17,30H,1-5H3,(H,29,31)/b7-6?,13-10+. The molecule has 8 heteroatoms. The average Bonchev–Trinajstić information content (AvgIpc) is 2.90. The van der Waals surface area contributed by atoms with E-state index in [1.807, 2.05) is 24.3 Å². The molecule has 0 saturated heterocycles. The number of nitrogens with one attached hydrogen (secondary N) is 1. The quantitative estimate of drug-likeness (QED) is 0.295. The SMILES string of the molecule is COc1cc(C=Cc2cc(OC)c(OC)c(OC)c2)cc(NC(=O)/C=C/c2ccc(O)cc2)c1OC. The lowest BCUT2D eigenvalue weighted by atomic mass is 10.1. The highest BCUT2D eigenvalue weighted by atomic mass is 16.5. The topological polar surface area (TPSA) is 95.5 Å². The first-order chi connectivity index (χ1) is 17.4. The lowest BCUT2D eigenvalue weighted by Crippen LogP contribution is -2.09. The van der Waals surface area contributed by atoms with Gasteiger partial charge < -0.3 is 34.1 Å². The van der Waals surface area contributed by atoms with Crippen LogP contribution in [-0.2, 0) is 4.79 Å². The van der Waals surface area contributed by atoms with Crippen molar-refractivity contribution in [3.05, 3.63) is 71.3 Å². The van der Waals surface area contributed by atoms with Crippen LogP contribution in [0.5, 0.6) is 34.5 Å². The fourth-order valence-corrected chi connectivity index (χ4v) is 3.50. The van der Waals surface area contributed by atoms with Crippen LogP contribution >= 0.6 is 0 Å². The van der Waals surface area contributed by atoms with Gasteiger partial charge in [-0.05, 0) is 59.2 Å². The highest BCUT2D eigenvalue weighted by Gasteiger charge is 2.14. The van der Waals surface area contributed by atoms with Crippen LogP contribution < -0.4 is 29.0 Å². The summed E-state index contributed by atoms with van der Waals surface area (Å²) in [5.74, 6) is 2.25. The molecule has 8 nitrogen and oxygen atoms in total. The molecule has 0 aromatic heterocycles. The molecule has 3 rings (SSSR count). The Morgan fingerprint density at radius 3 is 1.67 bits per heavy atom. The molecule has 2 N–H and O–H groups in total. The predicted octanol–water partition coefficient (Wildman–Crippen LogP) is 5.26. The van der Waals surface area contributed by atoms with Crippen molar-refractivity contribution in [1.82, 2.24) is 0 Å². The van der Waals surface area contributed by atoms with Gasteiger partial charge in [0, 0.05) is 6.08 Å². The summed E-state index contributed by atoms with van der Waals surface area (Å²) in [6, 6.07) is 13.8. The molecule has 0 fully saturated rings. The minimum atomic E-state index is -0.353. The van der Waals surface area contributed by atoms with Crippen LogP contribution in [0.4, 0.5) is 5.69 Å². The summed E-state index contributed by atoms with van der Waals surface area (Å²) in [5.41, 5.74) is 2.80. The maximum absolute atomic E-state index is 12.6. The third-order valence-electron chi connectivity index (χ3n) is 5.23. The van der Waals surface area contributed by atoms with E-state index in [1.165, 1.54) is 20.3 Å². The molecule has 3 aromatic carbocycles. The summed E-state index contributed by atoms with van der Waals surface area (Å²) in [4.78, 5) is 12.6. The Balaban J connectivity index is 1.90. The zero-order chi connectivity index (χ0) is 26.1. The van der Waals surface area contributed by atoms with Crippen molar-refractivity contribution in [2.75, 3.05) is 40.9 Å². The molecular formula is C28H29NO7. The van der Waals surface area contributed by atoms with Gasteiger partial charge in [0.1, 0.15) is 5.75 Å². The Kier molecular flexibility index (Phi) is 8.83. The van der Waals surface area contributed by atoms with Gasteiger partial charge >= 0.3 is 0 Å². The van der Waals surface area contributed by atoms with Crippen LogP contribution in [0.25, 0.3) is 18.2 Å².